The van der Waals surface area contributed by atoms with Gasteiger partial charge in [0.2, 0.25) is 0 Å². The van der Waals surface area contributed by atoms with Crippen molar-refractivity contribution in [2.75, 3.05) is 12.0 Å². The molecule has 4 aromatic rings. The minimum atomic E-state index is -0.178. The minimum Gasteiger partial charge on any atom is -0.497 e. The summed E-state index contributed by atoms with van der Waals surface area (Å²) in [5, 5.41) is 5.26. The molecule has 1 N–H and O–H groups in total. The molecule has 0 bridgehead atoms. The molecular weight excluding hydrogens is 475 g/mol. The summed E-state index contributed by atoms with van der Waals surface area (Å²) in [6.45, 7) is 0. The number of nitrogens with zero attached hydrogens (tertiary/aromatic N) is 3. The third kappa shape index (κ3) is 4.06. The molecule has 1 saturated heterocycles. The number of methoxy groups -OCH3 is 1. The fraction of sp³-hybridized carbons (Fsp3) is 0.120. The molecule has 1 aliphatic rings. The molecule has 33 heavy (non-hydrogen) atoms. The Balaban J connectivity index is 1.66. The van der Waals surface area contributed by atoms with Crippen molar-refractivity contribution >= 4 is 46.2 Å². The van der Waals surface area contributed by atoms with Gasteiger partial charge in [0.15, 0.2) is 5.11 Å². The Kier molecular flexibility index (Phi) is 5.98. The number of hydrogen-bond donors (Lipinski definition) is 1. The summed E-state index contributed by atoms with van der Waals surface area (Å²) in [4.78, 5) is 6.74. The normalized spacial score (nSPS) is 17.8. The van der Waals surface area contributed by atoms with Crippen molar-refractivity contribution in [2.24, 2.45) is 0 Å². The molecule has 2 atom stereocenters. The molecule has 166 valence electrons. The maximum atomic E-state index is 6.58. The molecule has 5 nitrogen and oxygen atoms in total. The maximum absolute atomic E-state index is 6.58. The third-order valence-electron chi connectivity index (χ3n) is 5.70. The monoisotopic (exact) mass is 494 g/mol. The molecule has 0 unspecified atom stereocenters. The zero-order valence-electron chi connectivity index (χ0n) is 17.7. The molecule has 0 amide bonds. The van der Waals surface area contributed by atoms with Crippen molar-refractivity contribution in [3.8, 4) is 11.4 Å². The van der Waals surface area contributed by atoms with E-state index in [1.807, 2.05) is 66.9 Å². The van der Waals surface area contributed by atoms with Crippen molar-refractivity contribution in [3.63, 3.8) is 0 Å². The maximum Gasteiger partial charge on any atom is 0.174 e. The molecule has 5 rings (SSSR count). The van der Waals surface area contributed by atoms with Gasteiger partial charge >= 0.3 is 0 Å². The highest BCUT2D eigenvalue weighted by molar-refractivity contribution is 7.80. The SMILES string of the molecule is COc1ccc(N2C(=S)N[C@H](c3ccccn3)[C@H]2c2cccn2-c2ccc(Cl)cc2Cl)cc1. The van der Waals surface area contributed by atoms with Crippen LogP contribution < -0.4 is 15.0 Å². The summed E-state index contributed by atoms with van der Waals surface area (Å²) in [7, 11) is 1.65. The van der Waals surface area contributed by atoms with E-state index in [0.717, 1.165) is 28.5 Å². The van der Waals surface area contributed by atoms with Crippen LogP contribution in [0.5, 0.6) is 5.75 Å². The van der Waals surface area contributed by atoms with Crippen LogP contribution in [0.2, 0.25) is 10.0 Å². The van der Waals surface area contributed by atoms with Gasteiger partial charge in [-0.2, -0.15) is 0 Å². The van der Waals surface area contributed by atoms with Gasteiger partial charge in [0.05, 0.1) is 29.6 Å². The van der Waals surface area contributed by atoms with E-state index in [-0.39, 0.29) is 12.1 Å². The molecule has 0 saturated carbocycles. The number of thiocarbonyl (C=S) groups is 1. The topological polar surface area (TPSA) is 42.3 Å². The Hall–Kier alpha value is -3.06. The molecule has 1 aliphatic heterocycles. The van der Waals surface area contributed by atoms with Crippen molar-refractivity contribution in [1.82, 2.24) is 14.9 Å². The van der Waals surface area contributed by atoms with E-state index in [2.05, 4.69) is 25.8 Å². The van der Waals surface area contributed by atoms with E-state index < -0.39 is 0 Å². The van der Waals surface area contributed by atoms with Crippen molar-refractivity contribution in [3.05, 3.63) is 107 Å². The highest BCUT2D eigenvalue weighted by atomic mass is 35.5. The smallest absolute Gasteiger partial charge is 0.174 e. The number of benzene rings is 2. The zero-order chi connectivity index (χ0) is 22.9. The Bertz CT molecular complexity index is 1290. The first-order valence-electron chi connectivity index (χ1n) is 10.3. The number of aromatic nitrogens is 2. The van der Waals surface area contributed by atoms with Crippen LogP contribution in [0.1, 0.15) is 23.5 Å². The molecule has 0 aliphatic carbocycles. The first kappa shape index (κ1) is 21.8. The van der Waals surface area contributed by atoms with Crippen LogP contribution in [0.3, 0.4) is 0 Å². The van der Waals surface area contributed by atoms with Gasteiger partial charge in [-0.05, 0) is 78.9 Å². The number of hydrogen-bond acceptors (Lipinski definition) is 3. The number of rotatable bonds is 5. The molecule has 0 radical (unpaired) electrons. The van der Waals surface area contributed by atoms with Crippen LogP contribution >= 0.6 is 35.4 Å². The van der Waals surface area contributed by atoms with Gasteiger partial charge in [-0.1, -0.05) is 29.3 Å². The van der Waals surface area contributed by atoms with Crippen molar-refractivity contribution in [1.29, 1.82) is 0 Å². The fourth-order valence-electron chi connectivity index (χ4n) is 4.21. The molecule has 1 fully saturated rings. The van der Waals surface area contributed by atoms with Gasteiger partial charge < -0.3 is 19.5 Å². The second-order valence-electron chi connectivity index (χ2n) is 7.59. The fourth-order valence-corrected chi connectivity index (χ4v) is 5.05. The van der Waals surface area contributed by atoms with Gasteiger partial charge in [0.25, 0.3) is 0 Å². The van der Waals surface area contributed by atoms with E-state index in [4.69, 9.17) is 40.2 Å². The Morgan fingerprint density at radius 3 is 2.52 bits per heavy atom. The first-order chi connectivity index (χ1) is 16.1. The molecule has 2 aromatic heterocycles. The third-order valence-corrected chi connectivity index (χ3v) is 6.55. The molecule has 0 spiro atoms. The standard InChI is InChI=1S/C25H20Cl2N4OS/c1-32-18-10-8-17(9-11-18)31-24(23(29-25(31)33)20-5-2-3-13-28-20)22-6-4-14-30(22)21-12-7-16(26)15-19(21)27/h2-15,23-24H,1H3,(H,29,33)/t23-,24-/m1/s1. The largest absolute Gasteiger partial charge is 0.497 e. The van der Waals surface area contributed by atoms with E-state index in [1.165, 1.54) is 0 Å². The van der Waals surface area contributed by atoms with Crippen LogP contribution in [0.25, 0.3) is 5.69 Å². The van der Waals surface area contributed by atoms with E-state index in [9.17, 15) is 0 Å². The number of pyridine rings is 1. The van der Waals surface area contributed by atoms with E-state index in [0.29, 0.717) is 15.2 Å². The average molecular weight is 495 g/mol. The lowest BCUT2D eigenvalue weighted by molar-refractivity contribution is 0.415. The van der Waals surface area contributed by atoms with Crippen molar-refractivity contribution in [2.45, 2.75) is 12.1 Å². The minimum absolute atomic E-state index is 0.166. The number of anilines is 1. The summed E-state index contributed by atoms with van der Waals surface area (Å²) < 4.78 is 7.42. The first-order valence-corrected chi connectivity index (χ1v) is 11.5. The van der Waals surface area contributed by atoms with E-state index >= 15 is 0 Å². The molecular formula is C25H20Cl2N4OS. The number of halogens is 2. The Morgan fingerprint density at radius 2 is 1.82 bits per heavy atom. The van der Waals surface area contributed by atoms with Crippen LogP contribution in [0, 0.1) is 0 Å². The van der Waals surface area contributed by atoms with Gasteiger partial charge in [0, 0.05) is 28.8 Å². The van der Waals surface area contributed by atoms with E-state index in [1.54, 1.807) is 19.4 Å². The van der Waals surface area contributed by atoms with Gasteiger partial charge in [-0.25, -0.2) is 0 Å². The second-order valence-corrected chi connectivity index (χ2v) is 8.82. The lowest BCUT2D eigenvalue weighted by Gasteiger charge is -2.29. The molecule has 3 heterocycles. The Labute approximate surface area is 207 Å². The summed E-state index contributed by atoms with van der Waals surface area (Å²) in [5.41, 5.74) is 3.70. The highest BCUT2D eigenvalue weighted by Gasteiger charge is 2.42. The summed E-state index contributed by atoms with van der Waals surface area (Å²) >= 11 is 18.5. The molecule has 8 heteroatoms. The Morgan fingerprint density at radius 1 is 1.00 bits per heavy atom. The lowest BCUT2D eigenvalue weighted by Crippen LogP contribution is -2.30. The second kappa shape index (κ2) is 9.06. The van der Waals surface area contributed by atoms with Gasteiger partial charge in [0.1, 0.15) is 11.8 Å². The van der Waals surface area contributed by atoms with Crippen LogP contribution in [0.4, 0.5) is 5.69 Å². The molecule has 2 aromatic carbocycles. The number of ether oxygens (including phenoxy) is 1. The summed E-state index contributed by atoms with van der Waals surface area (Å²) in [5.74, 6) is 0.783. The van der Waals surface area contributed by atoms with Crippen LogP contribution in [-0.4, -0.2) is 21.8 Å². The summed E-state index contributed by atoms with van der Waals surface area (Å²) in [6.07, 6.45) is 3.79. The predicted molar refractivity (Wildman–Crippen MR) is 137 cm³/mol. The highest BCUT2D eigenvalue weighted by Crippen LogP contribution is 2.43. The number of nitrogens with one attached hydrogen (secondary N) is 1. The van der Waals surface area contributed by atoms with Gasteiger partial charge in [-0.15, -0.1) is 0 Å². The summed E-state index contributed by atoms with van der Waals surface area (Å²) in [6, 6.07) is 23.0. The van der Waals surface area contributed by atoms with Crippen LogP contribution in [0.15, 0.2) is 85.2 Å². The predicted octanol–water partition coefficient (Wildman–Crippen LogP) is 6.36. The van der Waals surface area contributed by atoms with Gasteiger partial charge in [-0.3, -0.25) is 4.98 Å². The van der Waals surface area contributed by atoms with Crippen molar-refractivity contribution < 1.29 is 4.74 Å². The quantitative estimate of drug-likeness (QED) is 0.326. The average Bonchev–Trinajstić information content (AvgIpc) is 3.44. The lowest BCUT2D eigenvalue weighted by atomic mass is 10.0. The van der Waals surface area contributed by atoms with Crippen LogP contribution in [-0.2, 0) is 0 Å². The zero-order valence-corrected chi connectivity index (χ0v) is 20.0.